The first-order chi connectivity index (χ1) is 9.83. The van der Waals surface area contributed by atoms with E-state index in [0.29, 0.717) is 5.56 Å². The zero-order chi connectivity index (χ0) is 15.6. The van der Waals surface area contributed by atoms with Gasteiger partial charge in [-0.05, 0) is 44.4 Å². The van der Waals surface area contributed by atoms with E-state index in [9.17, 15) is 13.2 Å². The van der Waals surface area contributed by atoms with Crippen molar-refractivity contribution in [3.8, 4) is 6.07 Å². The number of hydrogen-bond donors (Lipinski definition) is 2. The van der Waals surface area contributed by atoms with Crippen LogP contribution in [-0.4, -0.2) is 26.4 Å². The molecule has 6 nitrogen and oxygen atoms in total. The summed E-state index contributed by atoms with van der Waals surface area (Å²) in [5.41, 5.74) is 0.785. The zero-order valence-corrected chi connectivity index (χ0v) is 12.7. The van der Waals surface area contributed by atoms with E-state index in [2.05, 4.69) is 10.0 Å². The monoisotopic (exact) mass is 307 g/mol. The maximum atomic E-state index is 12.3. The Hall–Kier alpha value is -1.91. The van der Waals surface area contributed by atoms with Gasteiger partial charge in [0, 0.05) is 6.04 Å². The molecule has 1 amide bonds. The number of nitriles is 1. The molecule has 0 saturated heterocycles. The number of carbonyl (C=O) groups excluding carboxylic acids is 1. The Morgan fingerprint density at radius 2 is 2.10 bits per heavy atom. The molecule has 0 heterocycles. The molecule has 0 spiro atoms. The van der Waals surface area contributed by atoms with Gasteiger partial charge >= 0.3 is 0 Å². The number of amides is 1. The molecule has 1 unspecified atom stereocenters. The summed E-state index contributed by atoms with van der Waals surface area (Å²) < 4.78 is 27.0. The smallest absolute Gasteiger partial charge is 0.241 e. The highest BCUT2D eigenvalue weighted by atomic mass is 32.2. The maximum absolute atomic E-state index is 12.3. The fourth-order valence-electron chi connectivity index (χ4n) is 1.86. The van der Waals surface area contributed by atoms with E-state index in [1.165, 1.54) is 13.0 Å². The summed E-state index contributed by atoms with van der Waals surface area (Å²) in [5.74, 6) is -0.338. The topological polar surface area (TPSA) is 99.1 Å². The number of rotatable bonds is 5. The first-order valence-corrected chi connectivity index (χ1v) is 8.15. The fourth-order valence-corrected chi connectivity index (χ4v) is 3.34. The predicted octanol–water partition coefficient (Wildman–Crippen LogP) is 0.812. The Balaban J connectivity index is 2.17. The molecule has 1 aromatic rings. The molecule has 0 aliphatic heterocycles. The third-order valence-corrected chi connectivity index (χ3v) is 4.94. The van der Waals surface area contributed by atoms with Gasteiger partial charge in [0.25, 0.3) is 0 Å². The molecule has 1 aromatic carbocycles. The Kier molecular flexibility index (Phi) is 4.30. The van der Waals surface area contributed by atoms with E-state index < -0.39 is 16.1 Å². The summed E-state index contributed by atoms with van der Waals surface area (Å²) in [6.45, 7) is 3.14. The number of nitrogens with zero attached hydrogens (tertiary/aromatic N) is 1. The summed E-state index contributed by atoms with van der Waals surface area (Å²) in [7, 11) is -3.85. The second-order valence-electron chi connectivity index (χ2n) is 5.22. The highest BCUT2D eigenvalue weighted by Gasteiger charge is 2.28. The molecular formula is C14H17N3O3S. The molecule has 21 heavy (non-hydrogen) atoms. The average Bonchev–Trinajstić information content (AvgIpc) is 3.22. The normalized spacial score (nSPS) is 16.0. The van der Waals surface area contributed by atoms with Crippen molar-refractivity contribution in [2.75, 3.05) is 0 Å². The molecule has 1 fully saturated rings. The van der Waals surface area contributed by atoms with Crippen molar-refractivity contribution in [1.82, 2.24) is 10.0 Å². The van der Waals surface area contributed by atoms with Gasteiger partial charge in [-0.2, -0.15) is 9.98 Å². The van der Waals surface area contributed by atoms with Crippen LogP contribution in [0.1, 0.15) is 30.9 Å². The summed E-state index contributed by atoms with van der Waals surface area (Å²) in [4.78, 5) is 11.8. The van der Waals surface area contributed by atoms with Crippen molar-refractivity contribution in [1.29, 1.82) is 5.26 Å². The summed E-state index contributed by atoms with van der Waals surface area (Å²) >= 11 is 0. The lowest BCUT2D eigenvalue weighted by molar-refractivity contribution is -0.122. The second kappa shape index (κ2) is 5.84. The molecule has 0 aromatic heterocycles. The number of nitrogens with one attached hydrogen (secondary N) is 2. The van der Waals surface area contributed by atoms with Gasteiger partial charge in [-0.1, -0.05) is 6.07 Å². The van der Waals surface area contributed by atoms with Crippen LogP contribution in [0.3, 0.4) is 0 Å². The van der Waals surface area contributed by atoms with Crippen LogP contribution in [0.2, 0.25) is 0 Å². The van der Waals surface area contributed by atoms with Gasteiger partial charge in [0.05, 0.1) is 22.6 Å². The maximum Gasteiger partial charge on any atom is 0.241 e. The molecule has 1 aliphatic rings. The van der Waals surface area contributed by atoms with Gasteiger partial charge in [-0.25, -0.2) is 8.42 Å². The Morgan fingerprint density at radius 1 is 1.43 bits per heavy atom. The minimum Gasteiger partial charge on any atom is -0.352 e. The number of carbonyl (C=O) groups is 1. The largest absolute Gasteiger partial charge is 0.352 e. The molecule has 2 N–H and O–H groups in total. The molecule has 1 saturated carbocycles. The van der Waals surface area contributed by atoms with Gasteiger partial charge in [-0.3, -0.25) is 4.79 Å². The second-order valence-corrected chi connectivity index (χ2v) is 6.90. The number of benzene rings is 1. The van der Waals surface area contributed by atoms with Crippen molar-refractivity contribution < 1.29 is 13.2 Å². The quantitative estimate of drug-likeness (QED) is 0.841. The van der Waals surface area contributed by atoms with E-state index in [1.807, 2.05) is 6.07 Å². The van der Waals surface area contributed by atoms with Crippen molar-refractivity contribution >= 4 is 15.9 Å². The van der Waals surface area contributed by atoms with Crippen LogP contribution in [0, 0.1) is 18.3 Å². The Morgan fingerprint density at radius 3 is 2.67 bits per heavy atom. The van der Waals surface area contributed by atoms with Crippen molar-refractivity contribution in [2.24, 2.45) is 0 Å². The van der Waals surface area contributed by atoms with Gasteiger partial charge in [0.2, 0.25) is 15.9 Å². The van der Waals surface area contributed by atoms with Crippen LogP contribution in [0.15, 0.2) is 23.1 Å². The molecular weight excluding hydrogens is 290 g/mol. The molecule has 7 heteroatoms. The first-order valence-electron chi connectivity index (χ1n) is 6.67. The van der Waals surface area contributed by atoms with Gasteiger partial charge in [-0.15, -0.1) is 0 Å². The average molecular weight is 307 g/mol. The van der Waals surface area contributed by atoms with Crippen LogP contribution in [-0.2, 0) is 14.8 Å². The van der Waals surface area contributed by atoms with Crippen LogP contribution in [0.25, 0.3) is 0 Å². The van der Waals surface area contributed by atoms with E-state index in [0.717, 1.165) is 12.8 Å². The standard InChI is InChI=1S/C14H17N3O3S/c1-9-3-4-11(8-15)7-13(9)21(19,20)17-10(2)14(18)16-12-5-6-12/h3-4,7,10,12,17H,5-6H2,1-2H3,(H,16,18). The number of sulfonamides is 1. The van der Waals surface area contributed by atoms with E-state index in [-0.39, 0.29) is 22.4 Å². The lowest BCUT2D eigenvalue weighted by Gasteiger charge is -2.15. The Bertz CT molecular complexity index is 703. The SMILES string of the molecule is Cc1ccc(C#N)cc1S(=O)(=O)NC(C)C(=O)NC1CC1. The predicted molar refractivity (Wildman–Crippen MR) is 76.8 cm³/mol. The Labute approximate surface area is 124 Å². The minimum atomic E-state index is -3.85. The summed E-state index contributed by atoms with van der Waals surface area (Å²) in [6.07, 6.45) is 1.88. The molecule has 112 valence electrons. The van der Waals surface area contributed by atoms with Crippen molar-refractivity contribution in [2.45, 2.75) is 43.7 Å². The van der Waals surface area contributed by atoms with Crippen LogP contribution in [0.5, 0.6) is 0 Å². The first kappa shape index (κ1) is 15.5. The molecule has 0 bridgehead atoms. The lowest BCUT2D eigenvalue weighted by atomic mass is 10.2. The van der Waals surface area contributed by atoms with Crippen molar-refractivity contribution in [3.05, 3.63) is 29.3 Å². The summed E-state index contributed by atoms with van der Waals surface area (Å²) in [6, 6.07) is 5.65. The molecule has 1 aliphatic carbocycles. The van der Waals surface area contributed by atoms with Crippen molar-refractivity contribution in [3.63, 3.8) is 0 Å². The third-order valence-electron chi connectivity index (χ3n) is 3.26. The molecule has 2 rings (SSSR count). The highest BCUT2D eigenvalue weighted by Crippen LogP contribution is 2.19. The third kappa shape index (κ3) is 3.80. The molecule has 1 atom stereocenters. The van der Waals surface area contributed by atoms with Gasteiger partial charge < -0.3 is 5.32 Å². The van der Waals surface area contributed by atoms with Crippen LogP contribution >= 0.6 is 0 Å². The lowest BCUT2D eigenvalue weighted by Crippen LogP contribution is -2.45. The van der Waals surface area contributed by atoms with E-state index in [4.69, 9.17) is 5.26 Å². The van der Waals surface area contributed by atoms with E-state index >= 15 is 0 Å². The molecule has 0 radical (unpaired) electrons. The number of aryl methyl sites for hydroxylation is 1. The van der Waals surface area contributed by atoms with Crippen LogP contribution in [0.4, 0.5) is 0 Å². The fraction of sp³-hybridized carbons (Fsp3) is 0.429. The van der Waals surface area contributed by atoms with Gasteiger partial charge in [0.15, 0.2) is 0 Å². The highest BCUT2D eigenvalue weighted by molar-refractivity contribution is 7.89. The summed E-state index contributed by atoms with van der Waals surface area (Å²) in [5, 5.41) is 11.6. The van der Waals surface area contributed by atoms with E-state index in [1.54, 1.807) is 19.1 Å². The van der Waals surface area contributed by atoms with Crippen LogP contribution < -0.4 is 10.0 Å². The zero-order valence-electron chi connectivity index (χ0n) is 11.9. The van der Waals surface area contributed by atoms with Gasteiger partial charge in [0.1, 0.15) is 0 Å². The minimum absolute atomic E-state index is 0.0209. The number of hydrogen-bond acceptors (Lipinski definition) is 4.